The molecule has 1 heterocycles. The molecule has 2 aromatic carbocycles. The van der Waals surface area contributed by atoms with Crippen LogP contribution in [-0.2, 0) is 12.6 Å². The Balaban J connectivity index is 1.64. The lowest BCUT2D eigenvalue weighted by atomic mass is 10.1. The summed E-state index contributed by atoms with van der Waals surface area (Å²) < 4.78 is 39.0. The predicted molar refractivity (Wildman–Crippen MR) is 105 cm³/mol. The second-order valence-electron chi connectivity index (χ2n) is 6.42. The standard InChI is InChI=1S/C20H20F3N5O/c1-2-3-8-17-26-18(28-27-17)13-9-11-14(12-10-13)24-19(29)25-16-7-5-4-6-15(16)20(21,22)23/h4-7,9-12H,2-3,8H2,1H3,(H2,24,25,29)(H,26,27,28). The quantitative estimate of drug-likeness (QED) is 0.510. The Bertz CT molecular complexity index is 967. The first-order valence-corrected chi connectivity index (χ1v) is 9.13. The van der Waals surface area contributed by atoms with E-state index in [0.29, 0.717) is 11.5 Å². The zero-order valence-corrected chi connectivity index (χ0v) is 15.7. The smallest absolute Gasteiger partial charge is 0.325 e. The van der Waals surface area contributed by atoms with E-state index in [9.17, 15) is 18.0 Å². The number of aromatic amines is 1. The largest absolute Gasteiger partial charge is 0.418 e. The molecule has 152 valence electrons. The molecule has 6 nitrogen and oxygen atoms in total. The van der Waals surface area contributed by atoms with Gasteiger partial charge in [0.2, 0.25) is 0 Å². The molecule has 9 heteroatoms. The first kappa shape index (κ1) is 20.4. The van der Waals surface area contributed by atoms with Gasteiger partial charge in [-0.05, 0) is 42.8 Å². The number of carbonyl (C=O) groups is 1. The van der Waals surface area contributed by atoms with E-state index in [0.717, 1.165) is 36.7 Å². The van der Waals surface area contributed by atoms with Gasteiger partial charge in [0.05, 0.1) is 11.3 Å². The van der Waals surface area contributed by atoms with Crippen LogP contribution in [0.1, 0.15) is 31.2 Å². The predicted octanol–water partition coefficient (Wildman–Crippen LogP) is 5.48. The van der Waals surface area contributed by atoms with Crippen molar-refractivity contribution in [2.45, 2.75) is 32.4 Å². The Kier molecular flexibility index (Phi) is 6.16. The molecule has 0 bridgehead atoms. The van der Waals surface area contributed by atoms with Crippen LogP contribution >= 0.6 is 0 Å². The lowest BCUT2D eigenvalue weighted by Crippen LogP contribution is -2.21. The number of aromatic nitrogens is 3. The Labute approximate surface area is 165 Å². The number of hydrogen-bond acceptors (Lipinski definition) is 3. The molecule has 0 radical (unpaired) electrons. The van der Waals surface area contributed by atoms with Gasteiger partial charge in [-0.25, -0.2) is 4.79 Å². The summed E-state index contributed by atoms with van der Waals surface area (Å²) in [5.74, 6) is 1.43. The van der Waals surface area contributed by atoms with Crippen LogP contribution in [0.5, 0.6) is 0 Å². The van der Waals surface area contributed by atoms with Crippen LogP contribution in [0.3, 0.4) is 0 Å². The number of nitrogens with one attached hydrogen (secondary N) is 3. The second kappa shape index (κ2) is 8.76. The number of urea groups is 1. The average molecular weight is 403 g/mol. The number of nitrogens with zero attached hydrogens (tertiary/aromatic N) is 2. The molecule has 3 aromatic rings. The highest BCUT2D eigenvalue weighted by Crippen LogP contribution is 2.34. The zero-order chi connectivity index (χ0) is 20.9. The highest BCUT2D eigenvalue weighted by atomic mass is 19.4. The van der Waals surface area contributed by atoms with Gasteiger partial charge in [0.25, 0.3) is 0 Å². The molecule has 3 N–H and O–H groups in total. The number of anilines is 2. The van der Waals surface area contributed by atoms with Crippen molar-refractivity contribution >= 4 is 17.4 Å². The number of H-pyrrole nitrogens is 1. The van der Waals surface area contributed by atoms with Crippen molar-refractivity contribution in [3.8, 4) is 11.4 Å². The number of para-hydroxylation sites is 1. The molecule has 0 aliphatic heterocycles. The minimum Gasteiger partial charge on any atom is -0.325 e. The number of carbonyl (C=O) groups excluding carboxylic acids is 1. The maximum absolute atomic E-state index is 13.0. The van der Waals surface area contributed by atoms with Gasteiger partial charge in [0, 0.05) is 17.7 Å². The molecular formula is C20H20F3N5O. The summed E-state index contributed by atoms with van der Waals surface area (Å²) in [6.07, 6.45) is -1.66. The molecule has 1 aromatic heterocycles. The minimum absolute atomic E-state index is 0.310. The third-order valence-corrected chi connectivity index (χ3v) is 4.20. The molecule has 0 unspecified atom stereocenters. The van der Waals surface area contributed by atoms with Crippen LogP contribution in [0.15, 0.2) is 48.5 Å². The summed E-state index contributed by atoms with van der Waals surface area (Å²) >= 11 is 0. The number of rotatable bonds is 6. The van der Waals surface area contributed by atoms with Crippen LogP contribution < -0.4 is 10.6 Å². The Morgan fingerprint density at radius 2 is 1.76 bits per heavy atom. The summed E-state index contributed by atoms with van der Waals surface area (Å²) in [7, 11) is 0. The number of alkyl halides is 3. The van der Waals surface area contributed by atoms with E-state index >= 15 is 0 Å². The lowest BCUT2D eigenvalue weighted by Gasteiger charge is -2.14. The van der Waals surface area contributed by atoms with Gasteiger partial charge in [-0.15, -0.1) is 10.2 Å². The fourth-order valence-corrected chi connectivity index (χ4v) is 2.72. The van der Waals surface area contributed by atoms with Crippen LogP contribution in [-0.4, -0.2) is 21.2 Å². The third-order valence-electron chi connectivity index (χ3n) is 4.20. The topological polar surface area (TPSA) is 82.7 Å². The van der Waals surface area contributed by atoms with Crippen LogP contribution in [0.2, 0.25) is 0 Å². The van der Waals surface area contributed by atoms with Gasteiger partial charge < -0.3 is 15.6 Å². The second-order valence-corrected chi connectivity index (χ2v) is 6.42. The maximum Gasteiger partial charge on any atom is 0.418 e. The van der Waals surface area contributed by atoms with E-state index in [1.807, 2.05) is 0 Å². The van der Waals surface area contributed by atoms with E-state index in [4.69, 9.17) is 0 Å². The first-order valence-electron chi connectivity index (χ1n) is 9.13. The monoisotopic (exact) mass is 403 g/mol. The normalized spacial score (nSPS) is 11.3. The molecule has 0 atom stereocenters. The van der Waals surface area contributed by atoms with Crippen molar-refractivity contribution in [3.05, 3.63) is 59.9 Å². The molecule has 0 saturated heterocycles. The summed E-state index contributed by atoms with van der Waals surface area (Å²) in [5, 5.41) is 13.0. The number of hydrogen-bond donors (Lipinski definition) is 3. The van der Waals surface area contributed by atoms with Crippen LogP contribution in [0.25, 0.3) is 11.4 Å². The van der Waals surface area contributed by atoms with E-state index in [-0.39, 0.29) is 5.69 Å². The zero-order valence-electron chi connectivity index (χ0n) is 15.7. The highest BCUT2D eigenvalue weighted by molar-refractivity contribution is 6.00. The highest BCUT2D eigenvalue weighted by Gasteiger charge is 2.33. The van der Waals surface area contributed by atoms with Gasteiger partial charge in [0.1, 0.15) is 5.82 Å². The van der Waals surface area contributed by atoms with Gasteiger partial charge in [-0.3, -0.25) is 0 Å². The molecule has 0 saturated carbocycles. The van der Waals surface area contributed by atoms with Gasteiger partial charge in [0.15, 0.2) is 5.82 Å². The van der Waals surface area contributed by atoms with E-state index < -0.39 is 17.8 Å². The maximum atomic E-state index is 13.0. The van der Waals surface area contributed by atoms with Crippen LogP contribution in [0, 0.1) is 0 Å². The molecule has 29 heavy (non-hydrogen) atoms. The van der Waals surface area contributed by atoms with E-state index in [1.165, 1.54) is 18.2 Å². The van der Waals surface area contributed by atoms with Crippen molar-refractivity contribution < 1.29 is 18.0 Å². The number of unbranched alkanes of at least 4 members (excludes halogenated alkanes) is 1. The minimum atomic E-state index is -4.56. The van der Waals surface area contributed by atoms with Crippen molar-refractivity contribution in [2.24, 2.45) is 0 Å². The number of benzene rings is 2. The molecule has 3 rings (SSSR count). The number of aryl methyl sites for hydroxylation is 1. The molecule has 0 aliphatic carbocycles. The summed E-state index contributed by atoms with van der Waals surface area (Å²) in [5.41, 5.74) is 0.000156. The molecule has 0 spiro atoms. The lowest BCUT2D eigenvalue weighted by molar-refractivity contribution is -0.136. The van der Waals surface area contributed by atoms with Crippen molar-refractivity contribution in [1.29, 1.82) is 0 Å². The van der Waals surface area contributed by atoms with E-state index in [1.54, 1.807) is 24.3 Å². The van der Waals surface area contributed by atoms with Gasteiger partial charge >= 0.3 is 12.2 Å². The Morgan fingerprint density at radius 3 is 2.45 bits per heavy atom. The SMILES string of the molecule is CCCCc1nnc(-c2ccc(NC(=O)Nc3ccccc3C(F)(F)F)cc2)[nH]1. The number of amides is 2. The van der Waals surface area contributed by atoms with Crippen molar-refractivity contribution in [2.75, 3.05) is 10.6 Å². The average Bonchev–Trinajstić information content (AvgIpc) is 3.15. The van der Waals surface area contributed by atoms with Gasteiger partial charge in [-0.2, -0.15) is 13.2 Å². The summed E-state index contributed by atoms with van der Waals surface area (Å²) in [6.45, 7) is 2.10. The summed E-state index contributed by atoms with van der Waals surface area (Å²) in [4.78, 5) is 15.3. The van der Waals surface area contributed by atoms with E-state index in [2.05, 4.69) is 32.7 Å². The molecule has 2 amide bonds. The number of halogens is 3. The molecule has 0 aliphatic rings. The first-order chi connectivity index (χ1) is 13.9. The Morgan fingerprint density at radius 1 is 1.03 bits per heavy atom. The van der Waals surface area contributed by atoms with Gasteiger partial charge in [-0.1, -0.05) is 25.5 Å². The fourth-order valence-electron chi connectivity index (χ4n) is 2.72. The third kappa shape index (κ3) is 5.34. The Hall–Kier alpha value is -3.36. The van der Waals surface area contributed by atoms with Crippen molar-refractivity contribution in [3.63, 3.8) is 0 Å². The van der Waals surface area contributed by atoms with Crippen LogP contribution in [0.4, 0.5) is 29.3 Å². The summed E-state index contributed by atoms with van der Waals surface area (Å²) in [6, 6.07) is 10.8. The van der Waals surface area contributed by atoms with Crippen molar-refractivity contribution in [1.82, 2.24) is 15.2 Å². The molecular weight excluding hydrogens is 383 g/mol. The fraction of sp³-hybridized carbons (Fsp3) is 0.250. The molecule has 0 fully saturated rings.